The summed E-state index contributed by atoms with van der Waals surface area (Å²) in [4.78, 5) is 45.1. The second kappa shape index (κ2) is 9.69. The van der Waals surface area contributed by atoms with E-state index in [9.17, 15) is 14.4 Å². The molecule has 0 radical (unpaired) electrons. The molecule has 1 unspecified atom stereocenters. The highest BCUT2D eigenvalue weighted by Gasteiger charge is 2.19. The molecule has 5 aromatic rings. The van der Waals surface area contributed by atoms with Crippen LogP contribution in [0.2, 0.25) is 0 Å². The molecule has 0 saturated carbocycles. The van der Waals surface area contributed by atoms with Gasteiger partial charge in [0.05, 0.1) is 6.33 Å². The molecule has 0 aliphatic rings. The second-order valence-electron chi connectivity index (χ2n) is 8.98. The van der Waals surface area contributed by atoms with Crippen molar-refractivity contribution < 1.29 is 4.79 Å². The number of carbonyl (C=O) groups excluding carboxylic acids is 1. The number of nitrogens with one attached hydrogen (secondary N) is 2. The number of H-pyrrole nitrogens is 1. The molecule has 0 aliphatic heterocycles. The third kappa shape index (κ3) is 4.24. The average Bonchev–Trinajstić information content (AvgIpc) is 3.52. The standard InChI is InChI=1S/C27H28N6O3/c1-31-25-24(26(35)32(2)27(31)36)33(17-30-25)14-8-13-23(34)29-15-20(18-9-4-3-5-10-18)21-16-28-22-12-7-6-11-19(21)22/h3-7,9-12,16-17,20,28H,8,13-15H2,1-2H3,(H,29,34). The van der Waals surface area contributed by atoms with Crippen LogP contribution >= 0.6 is 0 Å². The zero-order valence-electron chi connectivity index (χ0n) is 20.3. The Bertz CT molecular complexity index is 1660. The lowest BCUT2D eigenvalue weighted by Crippen LogP contribution is -2.37. The Balaban J connectivity index is 1.27. The molecule has 3 aromatic heterocycles. The van der Waals surface area contributed by atoms with Gasteiger partial charge in [0.15, 0.2) is 11.2 Å². The first-order chi connectivity index (χ1) is 17.5. The Kier molecular flexibility index (Phi) is 6.28. The Labute approximate surface area is 207 Å². The zero-order valence-corrected chi connectivity index (χ0v) is 20.3. The lowest BCUT2D eigenvalue weighted by Gasteiger charge is -2.18. The van der Waals surface area contributed by atoms with Crippen LogP contribution in [0.25, 0.3) is 22.1 Å². The molecular weight excluding hydrogens is 456 g/mol. The molecule has 2 aromatic carbocycles. The van der Waals surface area contributed by atoms with Crippen LogP contribution in [0.5, 0.6) is 0 Å². The fourth-order valence-electron chi connectivity index (χ4n) is 4.76. The molecule has 0 spiro atoms. The van der Waals surface area contributed by atoms with Crippen molar-refractivity contribution in [1.29, 1.82) is 0 Å². The summed E-state index contributed by atoms with van der Waals surface area (Å²) in [5.41, 5.74) is 3.24. The van der Waals surface area contributed by atoms with E-state index in [1.165, 1.54) is 11.6 Å². The maximum atomic E-state index is 12.8. The van der Waals surface area contributed by atoms with Crippen molar-refractivity contribution in [3.05, 3.63) is 99.1 Å². The molecule has 5 rings (SSSR count). The topological polar surface area (TPSA) is 107 Å². The van der Waals surface area contributed by atoms with Crippen molar-refractivity contribution in [3.8, 4) is 0 Å². The number of rotatable bonds is 8. The van der Waals surface area contributed by atoms with Crippen LogP contribution in [0.1, 0.15) is 29.9 Å². The minimum Gasteiger partial charge on any atom is -0.361 e. The van der Waals surface area contributed by atoms with Crippen molar-refractivity contribution in [2.45, 2.75) is 25.3 Å². The Morgan fingerprint density at radius 1 is 1.03 bits per heavy atom. The minimum atomic E-state index is -0.416. The van der Waals surface area contributed by atoms with Gasteiger partial charge in [-0.2, -0.15) is 0 Å². The van der Waals surface area contributed by atoms with Gasteiger partial charge in [0.25, 0.3) is 5.56 Å². The third-order valence-electron chi connectivity index (χ3n) is 6.72. The first-order valence-corrected chi connectivity index (χ1v) is 11.9. The van der Waals surface area contributed by atoms with E-state index in [1.807, 2.05) is 42.6 Å². The van der Waals surface area contributed by atoms with Gasteiger partial charge >= 0.3 is 5.69 Å². The Morgan fingerprint density at radius 3 is 2.58 bits per heavy atom. The Hall–Kier alpha value is -4.40. The minimum absolute atomic E-state index is 0.00759. The van der Waals surface area contributed by atoms with E-state index in [0.717, 1.165) is 26.6 Å². The van der Waals surface area contributed by atoms with Crippen molar-refractivity contribution in [2.24, 2.45) is 14.1 Å². The number of para-hydroxylation sites is 1. The summed E-state index contributed by atoms with van der Waals surface area (Å²) in [5.74, 6) is -0.0475. The number of fused-ring (bicyclic) bond motifs is 2. The number of aromatic amines is 1. The van der Waals surface area contributed by atoms with Crippen molar-refractivity contribution >= 4 is 28.0 Å². The van der Waals surface area contributed by atoms with Crippen molar-refractivity contribution in [3.63, 3.8) is 0 Å². The van der Waals surface area contributed by atoms with E-state index in [-0.39, 0.29) is 17.4 Å². The van der Waals surface area contributed by atoms with Crippen LogP contribution in [-0.4, -0.2) is 36.1 Å². The summed E-state index contributed by atoms with van der Waals surface area (Å²) in [6, 6.07) is 18.3. The van der Waals surface area contributed by atoms with E-state index in [2.05, 4.69) is 33.5 Å². The van der Waals surface area contributed by atoms with Gasteiger partial charge in [-0.15, -0.1) is 0 Å². The highest BCUT2D eigenvalue weighted by atomic mass is 16.2. The molecular formula is C27H28N6O3. The highest BCUT2D eigenvalue weighted by molar-refractivity contribution is 5.84. The normalized spacial score (nSPS) is 12.3. The molecule has 9 heteroatoms. The smallest absolute Gasteiger partial charge is 0.332 e. The van der Waals surface area contributed by atoms with Gasteiger partial charge in [-0.3, -0.25) is 18.7 Å². The summed E-state index contributed by atoms with van der Waals surface area (Å²) in [5, 5.41) is 4.24. The van der Waals surface area contributed by atoms with Gasteiger partial charge in [0, 0.05) is 56.6 Å². The highest BCUT2D eigenvalue weighted by Crippen LogP contribution is 2.30. The SMILES string of the molecule is Cn1c(=O)c2c(ncn2CCCC(=O)NCC(c2ccccc2)c2c[nH]c3ccccc23)n(C)c1=O. The predicted molar refractivity (Wildman–Crippen MR) is 139 cm³/mol. The number of aryl methyl sites for hydroxylation is 2. The molecule has 0 aliphatic carbocycles. The van der Waals surface area contributed by atoms with Crippen LogP contribution in [0.4, 0.5) is 0 Å². The lowest BCUT2D eigenvalue weighted by molar-refractivity contribution is -0.121. The summed E-state index contributed by atoms with van der Waals surface area (Å²) >= 11 is 0. The van der Waals surface area contributed by atoms with Crippen LogP contribution < -0.4 is 16.6 Å². The fourth-order valence-corrected chi connectivity index (χ4v) is 4.76. The molecule has 0 saturated heterocycles. The summed E-state index contributed by atoms with van der Waals surface area (Å²) in [7, 11) is 3.04. The maximum Gasteiger partial charge on any atom is 0.332 e. The van der Waals surface area contributed by atoms with Gasteiger partial charge in [0.1, 0.15) is 0 Å². The number of imidazole rings is 1. The van der Waals surface area contributed by atoms with E-state index in [0.29, 0.717) is 37.1 Å². The summed E-state index contributed by atoms with van der Waals surface area (Å²) < 4.78 is 4.14. The molecule has 1 amide bonds. The zero-order chi connectivity index (χ0) is 25.2. The number of carbonyl (C=O) groups is 1. The number of nitrogens with zero attached hydrogens (tertiary/aromatic N) is 4. The first kappa shape index (κ1) is 23.3. The van der Waals surface area contributed by atoms with Crippen LogP contribution in [0.3, 0.4) is 0 Å². The number of amides is 1. The van der Waals surface area contributed by atoms with E-state index < -0.39 is 5.69 Å². The number of hydrogen-bond acceptors (Lipinski definition) is 4. The molecule has 0 fully saturated rings. The molecule has 2 N–H and O–H groups in total. The quantitative estimate of drug-likeness (QED) is 0.353. The third-order valence-corrected chi connectivity index (χ3v) is 6.72. The second-order valence-corrected chi connectivity index (χ2v) is 8.98. The van der Waals surface area contributed by atoms with Gasteiger partial charge in [-0.25, -0.2) is 9.78 Å². The van der Waals surface area contributed by atoms with Crippen LogP contribution in [0.15, 0.2) is 76.7 Å². The van der Waals surface area contributed by atoms with Gasteiger partial charge in [-0.05, 0) is 23.6 Å². The summed E-state index contributed by atoms with van der Waals surface area (Å²) in [6.07, 6.45) is 4.41. The molecule has 3 heterocycles. The van der Waals surface area contributed by atoms with Gasteiger partial charge in [-0.1, -0.05) is 48.5 Å². The molecule has 36 heavy (non-hydrogen) atoms. The number of aromatic nitrogens is 5. The van der Waals surface area contributed by atoms with Crippen molar-refractivity contribution in [2.75, 3.05) is 6.54 Å². The average molecular weight is 485 g/mol. The van der Waals surface area contributed by atoms with E-state index in [1.54, 1.807) is 17.9 Å². The van der Waals surface area contributed by atoms with Crippen molar-refractivity contribution in [1.82, 2.24) is 29.0 Å². The van der Waals surface area contributed by atoms with E-state index in [4.69, 9.17) is 0 Å². The molecule has 1 atom stereocenters. The fraction of sp³-hybridized carbons (Fsp3) is 0.259. The lowest BCUT2D eigenvalue weighted by atomic mass is 9.91. The summed E-state index contributed by atoms with van der Waals surface area (Å²) in [6.45, 7) is 0.920. The maximum absolute atomic E-state index is 12.8. The molecule has 9 nitrogen and oxygen atoms in total. The number of benzene rings is 2. The molecule has 184 valence electrons. The van der Waals surface area contributed by atoms with E-state index >= 15 is 0 Å². The number of hydrogen-bond donors (Lipinski definition) is 2. The monoisotopic (exact) mass is 484 g/mol. The van der Waals surface area contributed by atoms with Crippen LogP contribution in [0, 0.1) is 0 Å². The largest absolute Gasteiger partial charge is 0.361 e. The van der Waals surface area contributed by atoms with Gasteiger partial charge < -0.3 is 14.9 Å². The van der Waals surface area contributed by atoms with Gasteiger partial charge in [0.2, 0.25) is 5.91 Å². The Morgan fingerprint density at radius 2 is 1.78 bits per heavy atom. The predicted octanol–water partition coefficient (Wildman–Crippen LogP) is 2.64. The molecule has 0 bridgehead atoms. The van der Waals surface area contributed by atoms with Crippen LogP contribution in [-0.2, 0) is 25.4 Å². The first-order valence-electron chi connectivity index (χ1n) is 11.9.